The van der Waals surface area contributed by atoms with Crippen molar-refractivity contribution in [2.24, 2.45) is 5.92 Å². The van der Waals surface area contributed by atoms with Crippen molar-refractivity contribution in [1.82, 2.24) is 15.0 Å². The zero-order chi connectivity index (χ0) is 22.2. The minimum absolute atomic E-state index is 0.0355. The summed E-state index contributed by atoms with van der Waals surface area (Å²) in [5.74, 6) is 0.849. The molecule has 0 saturated carbocycles. The van der Waals surface area contributed by atoms with Gasteiger partial charge in [-0.1, -0.05) is 37.7 Å². The van der Waals surface area contributed by atoms with E-state index in [-0.39, 0.29) is 5.91 Å². The summed E-state index contributed by atoms with van der Waals surface area (Å²) in [6, 6.07) is 7.84. The predicted octanol–water partition coefficient (Wildman–Crippen LogP) is 5.97. The summed E-state index contributed by atoms with van der Waals surface area (Å²) >= 11 is 3.13. The van der Waals surface area contributed by atoms with Gasteiger partial charge >= 0.3 is 0 Å². The molecule has 1 aliphatic carbocycles. The Balaban J connectivity index is 1.46. The molecule has 0 bridgehead atoms. The smallest absolute Gasteiger partial charge is 0.234 e. The number of amides is 1. The van der Waals surface area contributed by atoms with Crippen LogP contribution in [0.25, 0.3) is 20.4 Å². The number of aryl methyl sites for hydroxylation is 2. The predicted molar refractivity (Wildman–Crippen MR) is 134 cm³/mol. The van der Waals surface area contributed by atoms with Crippen LogP contribution in [0.15, 0.2) is 35.6 Å². The van der Waals surface area contributed by atoms with E-state index in [0.717, 1.165) is 50.6 Å². The number of thioether (sulfide) groups is 1. The second-order valence-electron chi connectivity index (χ2n) is 8.81. The molecule has 1 amide bonds. The Labute approximate surface area is 196 Å². The summed E-state index contributed by atoms with van der Waals surface area (Å²) in [7, 11) is 0. The highest BCUT2D eigenvalue weighted by Gasteiger charge is 2.24. The highest BCUT2D eigenvalue weighted by atomic mass is 32.2. The molecule has 1 aliphatic rings. The van der Waals surface area contributed by atoms with E-state index in [4.69, 9.17) is 4.98 Å². The molecule has 0 unspecified atom stereocenters. The van der Waals surface area contributed by atoms with Crippen molar-refractivity contribution in [2.45, 2.75) is 51.5 Å². The van der Waals surface area contributed by atoms with Crippen LogP contribution in [0.1, 0.15) is 42.7 Å². The molecule has 32 heavy (non-hydrogen) atoms. The number of benzene rings is 1. The lowest BCUT2D eigenvalue weighted by Crippen LogP contribution is -2.14. The lowest BCUT2D eigenvalue weighted by Gasteiger charge is -2.11. The molecule has 1 aromatic carbocycles. The van der Waals surface area contributed by atoms with Gasteiger partial charge in [0.25, 0.3) is 0 Å². The quantitative estimate of drug-likeness (QED) is 0.283. The molecule has 0 aliphatic heterocycles. The van der Waals surface area contributed by atoms with Gasteiger partial charge in [-0.05, 0) is 67.3 Å². The number of nitrogens with one attached hydrogen (secondary N) is 1. The number of hydrogen-bond donors (Lipinski definition) is 1. The van der Waals surface area contributed by atoms with Crippen LogP contribution in [0.5, 0.6) is 0 Å². The van der Waals surface area contributed by atoms with Crippen molar-refractivity contribution in [3.63, 3.8) is 0 Å². The van der Waals surface area contributed by atoms with Gasteiger partial charge in [-0.3, -0.25) is 4.79 Å². The van der Waals surface area contributed by atoms with Gasteiger partial charge in [0.15, 0.2) is 0 Å². The first-order valence-corrected chi connectivity index (χ1v) is 12.9. The van der Waals surface area contributed by atoms with Crippen LogP contribution in [0.4, 0.5) is 5.69 Å². The second kappa shape index (κ2) is 8.79. The van der Waals surface area contributed by atoms with Gasteiger partial charge in [-0.2, -0.15) is 0 Å². The molecule has 0 saturated heterocycles. The molecule has 5 rings (SSSR count). The van der Waals surface area contributed by atoms with E-state index in [1.165, 1.54) is 40.4 Å². The van der Waals surface area contributed by atoms with Crippen LogP contribution in [0, 0.1) is 12.8 Å². The van der Waals surface area contributed by atoms with Crippen LogP contribution in [-0.2, 0) is 24.1 Å². The van der Waals surface area contributed by atoms with Gasteiger partial charge in [0.2, 0.25) is 5.91 Å². The molecule has 0 spiro atoms. The van der Waals surface area contributed by atoms with E-state index >= 15 is 0 Å². The molecule has 3 aromatic heterocycles. The molecular formula is C25H26N4OS2. The van der Waals surface area contributed by atoms with E-state index in [9.17, 15) is 4.79 Å². The number of carbonyl (C=O) groups is 1. The van der Waals surface area contributed by atoms with Crippen molar-refractivity contribution in [2.75, 3.05) is 11.1 Å². The number of hydrogen-bond acceptors (Lipinski definition) is 6. The molecular weight excluding hydrogens is 436 g/mol. The Morgan fingerprint density at radius 2 is 2.06 bits per heavy atom. The Morgan fingerprint density at radius 3 is 2.88 bits per heavy atom. The lowest BCUT2D eigenvalue weighted by atomic mass is 9.99. The van der Waals surface area contributed by atoms with E-state index in [0.29, 0.717) is 11.7 Å². The molecule has 0 radical (unpaired) electrons. The number of rotatable bonds is 6. The Kier molecular flexibility index (Phi) is 5.86. The molecule has 0 atom stereocenters. The summed E-state index contributed by atoms with van der Waals surface area (Å²) < 4.78 is 1.04. The van der Waals surface area contributed by atoms with Crippen LogP contribution < -0.4 is 5.32 Å². The van der Waals surface area contributed by atoms with Crippen LogP contribution in [0.3, 0.4) is 0 Å². The van der Waals surface area contributed by atoms with Crippen molar-refractivity contribution in [3.05, 3.63) is 53.0 Å². The molecule has 7 heteroatoms. The van der Waals surface area contributed by atoms with Crippen molar-refractivity contribution in [1.29, 1.82) is 0 Å². The third kappa shape index (κ3) is 4.11. The second-order valence-corrected chi connectivity index (χ2v) is 10.8. The minimum atomic E-state index is -0.0355. The van der Waals surface area contributed by atoms with E-state index in [1.807, 2.05) is 31.2 Å². The third-order valence-corrected chi connectivity index (χ3v) is 7.97. The fourth-order valence-electron chi connectivity index (χ4n) is 4.47. The van der Waals surface area contributed by atoms with Gasteiger partial charge in [-0.25, -0.2) is 15.0 Å². The van der Waals surface area contributed by atoms with Gasteiger partial charge in [-0.15, -0.1) is 11.3 Å². The number of fused-ring (bicyclic) bond motifs is 5. The normalized spacial score (nSPS) is 13.2. The number of aromatic nitrogens is 3. The van der Waals surface area contributed by atoms with Gasteiger partial charge < -0.3 is 5.32 Å². The lowest BCUT2D eigenvalue weighted by molar-refractivity contribution is -0.113. The molecule has 3 heterocycles. The molecule has 1 N–H and O–H groups in total. The number of anilines is 1. The van der Waals surface area contributed by atoms with E-state index in [2.05, 4.69) is 29.1 Å². The Hall–Kier alpha value is -2.51. The van der Waals surface area contributed by atoms with Crippen LogP contribution in [-0.4, -0.2) is 26.6 Å². The highest BCUT2D eigenvalue weighted by molar-refractivity contribution is 8.00. The molecule has 4 aromatic rings. The van der Waals surface area contributed by atoms with Crippen molar-refractivity contribution >= 4 is 55.1 Å². The van der Waals surface area contributed by atoms with E-state index < -0.39 is 0 Å². The Morgan fingerprint density at radius 1 is 1.22 bits per heavy atom. The summed E-state index contributed by atoms with van der Waals surface area (Å²) in [6.07, 6.45) is 6.03. The van der Waals surface area contributed by atoms with Crippen molar-refractivity contribution < 1.29 is 4.79 Å². The van der Waals surface area contributed by atoms with Crippen LogP contribution >= 0.6 is 23.1 Å². The zero-order valence-electron chi connectivity index (χ0n) is 18.6. The molecule has 164 valence electrons. The fraction of sp³-hybridized carbons (Fsp3) is 0.360. The average molecular weight is 463 g/mol. The minimum Gasteiger partial charge on any atom is -0.325 e. The number of carbonyl (C=O) groups excluding carboxylic acids is 1. The van der Waals surface area contributed by atoms with E-state index in [1.54, 1.807) is 17.7 Å². The Bertz CT molecular complexity index is 1330. The standard InChI is InChI=1S/C25H26N4OS2/c1-14(2)10-19-17-8-5-9-18(17)21-22-23(32-24(21)29-19)25(27-13-26-22)31-12-20(30)28-16-7-4-6-15(3)11-16/h4,6-7,11,13-14H,5,8-10,12H2,1-3H3,(H,28,30). The van der Waals surface area contributed by atoms with Gasteiger partial charge in [0.05, 0.1) is 16.0 Å². The van der Waals surface area contributed by atoms with Gasteiger partial charge in [0.1, 0.15) is 16.2 Å². The maximum Gasteiger partial charge on any atom is 0.234 e. The summed E-state index contributed by atoms with van der Waals surface area (Å²) in [6.45, 7) is 6.52. The highest BCUT2D eigenvalue weighted by Crippen LogP contribution is 2.42. The van der Waals surface area contributed by atoms with Crippen molar-refractivity contribution in [3.8, 4) is 0 Å². The zero-order valence-corrected chi connectivity index (χ0v) is 20.2. The number of nitrogens with zero attached hydrogens (tertiary/aromatic N) is 3. The van der Waals surface area contributed by atoms with Gasteiger partial charge in [0, 0.05) is 16.8 Å². The SMILES string of the molecule is Cc1cccc(NC(=O)CSc2ncnc3c2sc2nc(CC(C)C)c4c(c23)CCC4)c1. The summed E-state index contributed by atoms with van der Waals surface area (Å²) in [4.78, 5) is 27.8. The van der Waals surface area contributed by atoms with Crippen LogP contribution in [0.2, 0.25) is 0 Å². The first-order valence-electron chi connectivity index (χ1n) is 11.1. The number of thiophene rings is 1. The maximum absolute atomic E-state index is 12.5. The maximum atomic E-state index is 12.5. The molecule has 0 fully saturated rings. The largest absolute Gasteiger partial charge is 0.325 e. The third-order valence-electron chi connectivity index (χ3n) is 5.77. The summed E-state index contributed by atoms with van der Waals surface area (Å²) in [5.41, 5.74) is 7.06. The first kappa shape index (κ1) is 21.3. The molecule has 5 nitrogen and oxygen atoms in total. The first-order chi connectivity index (χ1) is 15.5. The fourth-order valence-corrected chi connectivity index (χ4v) is 6.52. The number of pyridine rings is 1. The monoisotopic (exact) mass is 462 g/mol. The topological polar surface area (TPSA) is 67.8 Å². The average Bonchev–Trinajstić information content (AvgIpc) is 3.36. The summed E-state index contributed by atoms with van der Waals surface area (Å²) in [5, 5.41) is 5.04.